The number of nitrogens with one attached hydrogen (secondary N) is 2. The van der Waals surface area contributed by atoms with E-state index >= 15 is 0 Å². The molecule has 0 heterocycles. The van der Waals surface area contributed by atoms with Crippen LogP contribution < -0.4 is 10.6 Å². The van der Waals surface area contributed by atoms with Gasteiger partial charge < -0.3 is 15.4 Å². The van der Waals surface area contributed by atoms with Gasteiger partial charge in [0.05, 0.1) is 6.61 Å². The van der Waals surface area contributed by atoms with Gasteiger partial charge in [-0.2, -0.15) is 0 Å². The first-order chi connectivity index (χ1) is 8.80. The van der Waals surface area contributed by atoms with Crippen molar-refractivity contribution in [2.24, 2.45) is 4.99 Å². The van der Waals surface area contributed by atoms with Crippen molar-refractivity contribution in [3.8, 4) is 0 Å². The molecule has 0 unspecified atom stereocenters. The molecular weight excluding hydrogens is 226 g/mol. The molecule has 2 N–H and O–H groups in total. The average molecular weight is 249 g/mol. The third kappa shape index (κ3) is 5.19. The number of benzene rings is 1. The molecule has 0 radical (unpaired) electrons. The van der Waals surface area contributed by atoms with Crippen molar-refractivity contribution in [2.75, 3.05) is 20.7 Å². The number of nitrogens with zero attached hydrogens (tertiary/aromatic N) is 1. The van der Waals surface area contributed by atoms with Gasteiger partial charge in [0.25, 0.3) is 0 Å². The van der Waals surface area contributed by atoms with E-state index in [1.54, 1.807) is 14.2 Å². The first-order valence-corrected chi connectivity index (χ1v) is 6.31. The van der Waals surface area contributed by atoms with E-state index in [1.165, 1.54) is 11.1 Å². The van der Waals surface area contributed by atoms with Crippen molar-refractivity contribution in [3.63, 3.8) is 0 Å². The second kappa shape index (κ2) is 8.53. The molecular formula is C14H23N3O. The minimum atomic E-state index is 0.660. The molecule has 4 nitrogen and oxygen atoms in total. The first kappa shape index (κ1) is 14.5. The fraction of sp³-hybridized carbons (Fsp3) is 0.500. The quantitative estimate of drug-likeness (QED) is 0.598. The summed E-state index contributed by atoms with van der Waals surface area (Å²) in [7, 11) is 3.49. The summed E-state index contributed by atoms with van der Waals surface area (Å²) in [5.41, 5.74) is 2.42. The van der Waals surface area contributed by atoms with Crippen molar-refractivity contribution in [1.29, 1.82) is 0 Å². The van der Waals surface area contributed by atoms with Crippen LogP contribution in [0.3, 0.4) is 0 Å². The van der Waals surface area contributed by atoms with Gasteiger partial charge in [0.2, 0.25) is 0 Å². The zero-order chi connectivity index (χ0) is 13.2. The molecule has 0 aromatic heterocycles. The highest BCUT2D eigenvalue weighted by atomic mass is 16.5. The third-order valence-corrected chi connectivity index (χ3v) is 2.56. The number of hydrogen-bond donors (Lipinski definition) is 2. The van der Waals surface area contributed by atoms with Crippen molar-refractivity contribution in [3.05, 3.63) is 35.4 Å². The Bertz CT molecular complexity index is 360. The Morgan fingerprint density at radius 2 is 1.83 bits per heavy atom. The molecule has 1 aromatic rings. The maximum Gasteiger partial charge on any atom is 0.191 e. The van der Waals surface area contributed by atoms with Crippen LogP contribution in [0.5, 0.6) is 0 Å². The summed E-state index contributed by atoms with van der Waals surface area (Å²) in [6.45, 7) is 4.51. The van der Waals surface area contributed by atoms with Crippen LogP contribution in [0.2, 0.25) is 0 Å². The molecule has 18 heavy (non-hydrogen) atoms. The largest absolute Gasteiger partial charge is 0.380 e. The summed E-state index contributed by atoms with van der Waals surface area (Å²) < 4.78 is 5.08. The number of methoxy groups -OCH3 is 1. The molecule has 1 rings (SSSR count). The molecule has 0 bridgehead atoms. The Balaban J connectivity index is 2.42. The average Bonchev–Trinajstić information content (AvgIpc) is 2.41. The second-order valence-corrected chi connectivity index (χ2v) is 4.10. The Labute approximate surface area is 109 Å². The second-order valence-electron chi connectivity index (χ2n) is 4.10. The van der Waals surface area contributed by atoms with Crippen LogP contribution in [0.4, 0.5) is 0 Å². The minimum Gasteiger partial charge on any atom is -0.380 e. The van der Waals surface area contributed by atoms with Crippen molar-refractivity contribution >= 4 is 5.96 Å². The van der Waals surface area contributed by atoms with Gasteiger partial charge in [-0.3, -0.25) is 4.99 Å². The fourth-order valence-corrected chi connectivity index (χ4v) is 1.57. The summed E-state index contributed by atoms with van der Waals surface area (Å²) in [4.78, 5) is 4.16. The standard InChI is InChI=1S/C14H23N3O/c1-4-9-16-14(15-2)17-10-12-5-7-13(8-6-12)11-18-3/h5-8H,4,9-11H2,1-3H3,(H2,15,16,17). The molecule has 0 aliphatic carbocycles. The zero-order valence-corrected chi connectivity index (χ0v) is 11.5. The Hall–Kier alpha value is -1.55. The lowest BCUT2D eigenvalue weighted by molar-refractivity contribution is 0.185. The molecule has 0 saturated heterocycles. The van der Waals surface area contributed by atoms with E-state index in [1.807, 2.05) is 0 Å². The molecule has 100 valence electrons. The van der Waals surface area contributed by atoms with Crippen LogP contribution in [-0.4, -0.2) is 26.7 Å². The lowest BCUT2D eigenvalue weighted by atomic mass is 10.1. The van der Waals surface area contributed by atoms with Gasteiger partial charge in [-0.25, -0.2) is 0 Å². The Morgan fingerprint density at radius 1 is 1.17 bits per heavy atom. The van der Waals surface area contributed by atoms with Gasteiger partial charge in [-0.1, -0.05) is 31.2 Å². The number of guanidine groups is 1. The predicted octanol–water partition coefficient (Wildman–Crippen LogP) is 1.91. The number of aliphatic imine (C=N–C) groups is 1. The van der Waals surface area contributed by atoms with E-state index in [-0.39, 0.29) is 0 Å². The van der Waals surface area contributed by atoms with Gasteiger partial charge >= 0.3 is 0 Å². The number of hydrogen-bond acceptors (Lipinski definition) is 2. The first-order valence-electron chi connectivity index (χ1n) is 6.31. The third-order valence-electron chi connectivity index (χ3n) is 2.56. The summed E-state index contributed by atoms with van der Waals surface area (Å²) in [6.07, 6.45) is 1.09. The Kier molecular flexibility index (Phi) is 6.87. The van der Waals surface area contributed by atoms with Crippen LogP contribution in [-0.2, 0) is 17.9 Å². The van der Waals surface area contributed by atoms with Gasteiger partial charge in [0.15, 0.2) is 5.96 Å². The summed E-state index contributed by atoms with van der Waals surface area (Å²) >= 11 is 0. The Morgan fingerprint density at radius 3 is 2.39 bits per heavy atom. The van der Waals surface area contributed by atoms with Gasteiger partial charge in [0.1, 0.15) is 0 Å². The minimum absolute atomic E-state index is 0.660. The number of rotatable bonds is 6. The predicted molar refractivity (Wildman–Crippen MR) is 75.6 cm³/mol. The van der Waals surface area contributed by atoms with E-state index in [0.717, 1.165) is 25.5 Å². The molecule has 4 heteroatoms. The fourth-order valence-electron chi connectivity index (χ4n) is 1.57. The van der Waals surface area contributed by atoms with E-state index in [9.17, 15) is 0 Å². The number of ether oxygens (including phenoxy) is 1. The summed E-state index contributed by atoms with van der Waals surface area (Å²) in [5, 5.41) is 6.52. The van der Waals surface area contributed by atoms with E-state index < -0.39 is 0 Å². The van der Waals surface area contributed by atoms with E-state index in [0.29, 0.717) is 6.61 Å². The summed E-state index contributed by atoms with van der Waals surface area (Å²) in [6, 6.07) is 8.38. The van der Waals surface area contributed by atoms with Crippen molar-refractivity contribution < 1.29 is 4.74 Å². The molecule has 0 atom stereocenters. The van der Waals surface area contributed by atoms with Crippen LogP contribution in [0.25, 0.3) is 0 Å². The lowest BCUT2D eigenvalue weighted by Crippen LogP contribution is -2.37. The smallest absolute Gasteiger partial charge is 0.191 e. The molecule has 1 aromatic carbocycles. The van der Waals surface area contributed by atoms with Crippen LogP contribution in [0.1, 0.15) is 24.5 Å². The highest BCUT2D eigenvalue weighted by Crippen LogP contribution is 2.05. The lowest BCUT2D eigenvalue weighted by Gasteiger charge is -2.11. The normalized spacial score (nSPS) is 11.4. The highest BCUT2D eigenvalue weighted by molar-refractivity contribution is 5.79. The van der Waals surface area contributed by atoms with Gasteiger partial charge in [0, 0.05) is 27.2 Å². The zero-order valence-electron chi connectivity index (χ0n) is 11.5. The van der Waals surface area contributed by atoms with Gasteiger partial charge in [-0.15, -0.1) is 0 Å². The van der Waals surface area contributed by atoms with E-state index in [4.69, 9.17) is 4.74 Å². The molecule has 0 amide bonds. The summed E-state index contributed by atoms with van der Waals surface area (Å²) in [5.74, 6) is 0.845. The monoisotopic (exact) mass is 249 g/mol. The maximum atomic E-state index is 5.08. The molecule has 0 saturated carbocycles. The van der Waals surface area contributed by atoms with Crippen molar-refractivity contribution in [1.82, 2.24) is 10.6 Å². The van der Waals surface area contributed by atoms with Crippen molar-refractivity contribution in [2.45, 2.75) is 26.5 Å². The molecule has 0 spiro atoms. The van der Waals surface area contributed by atoms with Crippen LogP contribution >= 0.6 is 0 Å². The molecule has 0 aliphatic rings. The van der Waals surface area contributed by atoms with Gasteiger partial charge in [-0.05, 0) is 17.5 Å². The van der Waals surface area contributed by atoms with E-state index in [2.05, 4.69) is 46.8 Å². The highest BCUT2D eigenvalue weighted by Gasteiger charge is 1.98. The van der Waals surface area contributed by atoms with Crippen LogP contribution in [0, 0.1) is 0 Å². The SMILES string of the molecule is CCCNC(=NC)NCc1ccc(COC)cc1. The topological polar surface area (TPSA) is 45.7 Å². The van der Waals surface area contributed by atoms with Crippen LogP contribution in [0.15, 0.2) is 29.3 Å². The molecule has 0 aliphatic heterocycles. The maximum absolute atomic E-state index is 5.08. The molecule has 0 fully saturated rings.